The Morgan fingerprint density at radius 1 is 1.40 bits per heavy atom. The van der Waals surface area contributed by atoms with Crippen LogP contribution in [0.1, 0.15) is 18.4 Å². The Kier molecular flexibility index (Phi) is 8.62. The molecule has 0 spiro atoms. The third-order valence-electron chi connectivity index (χ3n) is 2.76. The van der Waals surface area contributed by atoms with Gasteiger partial charge in [-0.05, 0) is 36.5 Å². The molecular formula is C14H24N4OS. The van der Waals surface area contributed by atoms with Crippen LogP contribution >= 0.6 is 11.8 Å². The largest absolute Gasteiger partial charge is 0.481 e. The standard InChI is InChI=1S/C14H24N4OS/c1-15-14(17-7-4-5-9-20-3)18-11-12-6-8-16-13(10-12)19-2/h6,8,10H,4-5,7,9,11H2,1-3H3,(H2,15,17,18). The molecule has 20 heavy (non-hydrogen) atoms. The molecule has 1 heterocycles. The van der Waals surface area contributed by atoms with E-state index in [1.54, 1.807) is 20.4 Å². The van der Waals surface area contributed by atoms with E-state index in [9.17, 15) is 0 Å². The van der Waals surface area contributed by atoms with E-state index in [-0.39, 0.29) is 0 Å². The molecule has 0 unspecified atom stereocenters. The first kappa shape index (κ1) is 16.6. The van der Waals surface area contributed by atoms with Gasteiger partial charge in [-0.1, -0.05) is 0 Å². The molecule has 6 heteroatoms. The van der Waals surface area contributed by atoms with Crippen molar-refractivity contribution >= 4 is 17.7 Å². The Hall–Kier alpha value is -1.43. The summed E-state index contributed by atoms with van der Waals surface area (Å²) in [6.07, 6.45) is 6.27. The fourth-order valence-electron chi connectivity index (χ4n) is 1.66. The molecule has 1 aromatic heterocycles. The van der Waals surface area contributed by atoms with Gasteiger partial charge in [-0.15, -0.1) is 0 Å². The monoisotopic (exact) mass is 296 g/mol. The summed E-state index contributed by atoms with van der Waals surface area (Å²) in [4.78, 5) is 8.29. The number of unbranched alkanes of at least 4 members (excludes halogenated alkanes) is 1. The fraction of sp³-hybridized carbons (Fsp3) is 0.571. The maximum atomic E-state index is 5.10. The lowest BCUT2D eigenvalue weighted by atomic mass is 10.2. The molecule has 1 rings (SSSR count). The van der Waals surface area contributed by atoms with Crippen LogP contribution in [0.5, 0.6) is 5.88 Å². The van der Waals surface area contributed by atoms with Crippen molar-refractivity contribution in [1.29, 1.82) is 0 Å². The summed E-state index contributed by atoms with van der Waals surface area (Å²) in [6, 6.07) is 3.88. The van der Waals surface area contributed by atoms with Crippen LogP contribution in [0.2, 0.25) is 0 Å². The summed E-state index contributed by atoms with van der Waals surface area (Å²) in [7, 11) is 3.40. The predicted molar refractivity (Wildman–Crippen MR) is 86.6 cm³/mol. The number of nitrogens with one attached hydrogen (secondary N) is 2. The Balaban J connectivity index is 2.30. The topological polar surface area (TPSA) is 58.5 Å². The van der Waals surface area contributed by atoms with E-state index in [1.807, 2.05) is 23.9 Å². The lowest BCUT2D eigenvalue weighted by Crippen LogP contribution is -2.37. The maximum absolute atomic E-state index is 5.10. The molecule has 0 atom stereocenters. The zero-order valence-electron chi connectivity index (χ0n) is 12.5. The van der Waals surface area contributed by atoms with Gasteiger partial charge in [0.15, 0.2) is 5.96 Å². The van der Waals surface area contributed by atoms with Crippen LogP contribution in [0, 0.1) is 0 Å². The predicted octanol–water partition coefficient (Wildman–Crippen LogP) is 1.90. The van der Waals surface area contributed by atoms with Crippen molar-refractivity contribution in [1.82, 2.24) is 15.6 Å². The van der Waals surface area contributed by atoms with E-state index in [2.05, 4.69) is 26.9 Å². The van der Waals surface area contributed by atoms with Gasteiger partial charge in [-0.2, -0.15) is 11.8 Å². The van der Waals surface area contributed by atoms with Crippen LogP contribution in [0.4, 0.5) is 0 Å². The zero-order chi connectivity index (χ0) is 14.6. The molecule has 0 saturated carbocycles. The molecule has 112 valence electrons. The smallest absolute Gasteiger partial charge is 0.213 e. The van der Waals surface area contributed by atoms with Gasteiger partial charge in [0, 0.05) is 32.4 Å². The van der Waals surface area contributed by atoms with Crippen LogP contribution in [-0.2, 0) is 6.54 Å². The minimum absolute atomic E-state index is 0.629. The van der Waals surface area contributed by atoms with Gasteiger partial charge >= 0.3 is 0 Å². The number of hydrogen-bond donors (Lipinski definition) is 2. The van der Waals surface area contributed by atoms with Crippen LogP contribution in [0.3, 0.4) is 0 Å². The van der Waals surface area contributed by atoms with E-state index < -0.39 is 0 Å². The quantitative estimate of drug-likeness (QED) is 0.436. The van der Waals surface area contributed by atoms with Crippen molar-refractivity contribution in [3.8, 4) is 5.88 Å². The van der Waals surface area contributed by atoms with Crippen LogP contribution in [0.15, 0.2) is 23.3 Å². The maximum Gasteiger partial charge on any atom is 0.213 e. The first-order valence-corrected chi connectivity index (χ1v) is 8.12. The van der Waals surface area contributed by atoms with E-state index in [4.69, 9.17) is 4.74 Å². The fourth-order valence-corrected chi connectivity index (χ4v) is 2.15. The molecule has 0 amide bonds. The normalized spacial score (nSPS) is 11.2. The Morgan fingerprint density at radius 2 is 2.25 bits per heavy atom. The number of pyridine rings is 1. The number of ether oxygens (including phenoxy) is 1. The molecule has 0 aliphatic heterocycles. The molecule has 0 radical (unpaired) electrons. The molecule has 2 N–H and O–H groups in total. The summed E-state index contributed by atoms with van der Waals surface area (Å²) in [5, 5.41) is 6.59. The lowest BCUT2D eigenvalue weighted by Gasteiger charge is -2.12. The third kappa shape index (κ3) is 6.65. The number of methoxy groups -OCH3 is 1. The molecule has 0 saturated heterocycles. The van der Waals surface area contributed by atoms with Gasteiger partial charge in [-0.25, -0.2) is 4.98 Å². The van der Waals surface area contributed by atoms with Gasteiger partial charge in [-0.3, -0.25) is 4.99 Å². The molecular weight excluding hydrogens is 272 g/mol. The van der Waals surface area contributed by atoms with E-state index in [0.717, 1.165) is 24.5 Å². The van der Waals surface area contributed by atoms with Gasteiger partial charge in [0.1, 0.15) is 0 Å². The average Bonchev–Trinajstić information content (AvgIpc) is 2.50. The summed E-state index contributed by atoms with van der Waals surface area (Å²) in [5.41, 5.74) is 1.11. The van der Waals surface area contributed by atoms with Gasteiger partial charge in [0.05, 0.1) is 7.11 Å². The summed E-state index contributed by atoms with van der Waals surface area (Å²) >= 11 is 1.89. The SMILES string of the molecule is CN=C(NCCCCSC)NCc1ccnc(OC)c1. The second-order valence-electron chi connectivity index (χ2n) is 4.26. The van der Waals surface area contributed by atoms with E-state index in [0.29, 0.717) is 12.4 Å². The van der Waals surface area contributed by atoms with Gasteiger partial charge < -0.3 is 15.4 Å². The Labute approximate surface area is 125 Å². The molecule has 5 nitrogen and oxygen atoms in total. The third-order valence-corrected chi connectivity index (χ3v) is 3.46. The lowest BCUT2D eigenvalue weighted by molar-refractivity contribution is 0.397. The summed E-state index contributed by atoms with van der Waals surface area (Å²) in [5.74, 6) is 2.67. The Morgan fingerprint density at radius 3 is 2.95 bits per heavy atom. The van der Waals surface area contributed by atoms with Crippen molar-refractivity contribution in [2.45, 2.75) is 19.4 Å². The zero-order valence-corrected chi connectivity index (χ0v) is 13.3. The highest BCUT2D eigenvalue weighted by molar-refractivity contribution is 7.98. The molecule has 0 aromatic carbocycles. The molecule has 0 fully saturated rings. The van der Waals surface area contributed by atoms with Crippen molar-refractivity contribution in [2.24, 2.45) is 4.99 Å². The molecule has 0 aliphatic carbocycles. The minimum Gasteiger partial charge on any atom is -0.481 e. The van der Waals surface area contributed by atoms with Gasteiger partial charge in [0.2, 0.25) is 5.88 Å². The van der Waals surface area contributed by atoms with Crippen molar-refractivity contribution in [2.75, 3.05) is 32.7 Å². The second-order valence-corrected chi connectivity index (χ2v) is 5.24. The van der Waals surface area contributed by atoms with Crippen molar-refractivity contribution < 1.29 is 4.74 Å². The van der Waals surface area contributed by atoms with Crippen LogP contribution in [0.25, 0.3) is 0 Å². The first-order valence-electron chi connectivity index (χ1n) is 6.72. The van der Waals surface area contributed by atoms with Crippen molar-refractivity contribution in [3.63, 3.8) is 0 Å². The summed E-state index contributed by atoms with van der Waals surface area (Å²) in [6.45, 7) is 1.64. The number of guanidine groups is 1. The van der Waals surface area contributed by atoms with Crippen molar-refractivity contribution in [3.05, 3.63) is 23.9 Å². The number of aliphatic imine (C=N–C) groups is 1. The number of nitrogens with zero attached hydrogens (tertiary/aromatic N) is 2. The average molecular weight is 296 g/mol. The number of aromatic nitrogens is 1. The van der Waals surface area contributed by atoms with E-state index >= 15 is 0 Å². The number of thioether (sulfide) groups is 1. The first-order chi connectivity index (χ1) is 9.80. The van der Waals surface area contributed by atoms with E-state index in [1.165, 1.54) is 12.2 Å². The minimum atomic E-state index is 0.629. The Bertz CT molecular complexity index is 412. The summed E-state index contributed by atoms with van der Waals surface area (Å²) < 4.78 is 5.10. The molecule has 0 aliphatic rings. The highest BCUT2D eigenvalue weighted by atomic mass is 32.2. The highest BCUT2D eigenvalue weighted by Gasteiger charge is 2.00. The number of hydrogen-bond acceptors (Lipinski definition) is 4. The molecule has 1 aromatic rings. The van der Waals surface area contributed by atoms with Crippen LogP contribution in [-0.4, -0.2) is 43.7 Å². The van der Waals surface area contributed by atoms with Gasteiger partial charge in [0.25, 0.3) is 0 Å². The number of rotatable bonds is 8. The molecule has 0 bridgehead atoms. The highest BCUT2D eigenvalue weighted by Crippen LogP contribution is 2.07. The second kappa shape index (κ2) is 10.4. The van der Waals surface area contributed by atoms with Crippen LogP contribution < -0.4 is 15.4 Å².